The Bertz CT molecular complexity index is 1130. The number of aryl methyl sites for hydroxylation is 1. The molecule has 0 saturated heterocycles. The van der Waals surface area contributed by atoms with Gasteiger partial charge >= 0.3 is 5.97 Å². The minimum Gasteiger partial charge on any atom is -0.481 e. The standard InChI is InChI=1S/C26H29NO4S/c1-2-3-9-21-14-16-22(17-15-21)19-27(32(30,31)25-12-5-4-6-13-25)20-24-11-8-7-10-23(24)18-26(28)29/h4-8,10-17H,2-3,9,18-20H2,1H3,(H,28,29). The Morgan fingerprint density at radius 3 is 2.03 bits per heavy atom. The lowest BCUT2D eigenvalue weighted by Crippen LogP contribution is -2.30. The van der Waals surface area contributed by atoms with Crippen LogP contribution < -0.4 is 0 Å². The zero-order valence-electron chi connectivity index (χ0n) is 18.3. The molecule has 3 aromatic carbocycles. The molecule has 3 rings (SSSR count). The Kier molecular flexibility index (Phi) is 8.20. The van der Waals surface area contributed by atoms with Crippen molar-refractivity contribution < 1.29 is 18.3 Å². The van der Waals surface area contributed by atoms with Crippen molar-refractivity contribution in [2.75, 3.05) is 0 Å². The van der Waals surface area contributed by atoms with Gasteiger partial charge in [-0.25, -0.2) is 8.42 Å². The Hall–Kier alpha value is -2.96. The van der Waals surface area contributed by atoms with Crippen molar-refractivity contribution in [1.29, 1.82) is 0 Å². The summed E-state index contributed by atoms with van der Waals surface area (Å²) in [6.07, 6.45) is 3.10. The minimum atomic E-state index is -3.78. The third-order valence-electron chi connectivity index (χ3n) is 5.39. The topological polar surface area (TPSA) is 74.7 Å². The van der Waals surface area contributed by atoms with Crippen LogP contribution in [0, 0.1) is 0 Å². The molecule has 168 valence electrons. The number of aliphatic carboxylic acids is 1. The molecule has 0 aromatic heterocycles. The van der Waals surface area contributed by atoms with Crippen molar-refractivity contribution in [3.63, 3.8) is 0 Å². The highest BCUT2D eigenvalue weighted by molar-refractivity contribution is 7.89. The second kappa shape index (κ2) is 11.1. The summed E-state index contributed by atoms with van der Waals surface area (Å²) in [6, 6.07) is 23.5. The number of hydrogen-bond donors (Lipinski definition) is 1. The van der Waals surface area contributed by atoms with E-state index in [0.29, 0.717) is 11.1 Å². The summed E-state index contributed by atoms with van der Waals surface area (Å²) < 4.78 is 28.4. The molecule has 0 bridgehead atoms. The average molecular weight is 452 g/mol. The van der Waals surface area contributed by atoms with Gasteiger partial charge in [0.1, 0.15) is 0 Å². The molecule has 0 amide bonds. The first kappa shape index (κ1) is 23.7. The summed E-state index contributed by atoms with van der Waals surface area (Å²) in [5.41, 5.74) is 3.43. The monoisotopic (exact) mass is 451 g/mol. The van der Waals surface area contributed by atoms with Crippen molar-refractivity contribution in [2.45, 2.75) is 50.6 Å². The van der Waals surface area contributed by atoms with Gasteiger partial charge in [0.15, 0.2) is 0 Å². The van der Waals surface area contributed by atoms with Crippen LogP contribution in [0.2, 0.25) is 0 Å². The van der Waals surface area contributed by atoms with Crippen molar-refractivity contribution in [2.24, 2.45) is 0 Å². The van der Waals surface area contributed by atoms with Crippen molar-refractivity contribution in [3.05, 3.63) is 101 Å². The largest absolute Gasteiger partial charge is 0.481 e. The van der Waals surface area contributed by atoms with E-state index in [0.717, 1.165) is 24.8 Å². The van der Waals surface area contributed by atoms with E-state index < -0.39 is 16.0 Å². The summed E-state index contributed by atoms with van der Waals surface area (Å²) in [6.45, 7) is 2.45. The lowest BCUT2D eigenvalue weighted by Gasteiger charge is -2.24. The number of unbranched alkanes of at least 4 members (excludes halogenated alkanes) is 1. The third kappa shape index (κ3) is 6.28. The van der Waals surface area contributed by atoms with E-state index in [1.54, 1.807) is 54.6 Å². The highest BCUT2D eigenvalue weighted by Crippen LogP contribution is 2.23. The fourth-order valence-corrected chi connectivity index (χ4v) is 5.03. The number of benzene rings is 3. The number of carbonyl (C=O) groups is 1. The van der Waals surface area contributed by atoms with Gasteiger partial charge < -0.3 is 5.11 Å². The summed E-state index contributed by atoms with van der Waals surface area (Å²) in [5.74, 6) is -0.947. The van der Waals surface area contributed by atoms with E-state index in [1.807, 2.05) is 12.1 Å². The molecule has 1 N–H and O–H groups in total. The molecule has 0 aliphatic rings. The third-order valence-corrected chi connectivity index (χ3v) is 7.19. The van der Waals surface area contributed by atoms with Crippen LogP contribution in [0.5, 0.6) is 0 Å². The SMILES string of the molecule is CCCCc1ccc(CN(Cc2ccccc2CC(=O)O)S(=O)(=O)c2ccccc2)cc1. The summed E-state index contributed by atoms with van der Waals surface area (Å²) in [7, 11) is -3.78. The van der Waals surface area contributed by atoms with Gasteiger partial charge in [-0.05, 0) is 47.2 Å². The molecular weight excluding hydrogens is 422 g/mol. The Balaban J connectivity index is 1.93. The van der Waals surface area contributed by atoms with Gasteiger partial charge in [-0.3, -0.25) is 4.79 Å². The number of rotatable bonds is 11. The van der Waals surface area contributed by atoms with Crippen LogP contribution in [0.3, 0.4) is 0 Å². The van der Waals surface area contributed by atoms with Crippen LogP contribution in [-0.4, -0.2) is 23.8 Å². The van der Waals surface area contributed by atoms with Crippen LogP contribution in [-0.2, 0) is 40.7 Å². The van der Waals surface area contributed by atoms with Gasteiger partial charge in [0, 0.05) is 13.1 Å². The molecule has 5 nitrogen and oxygen atoms in total. The Morgan fingerprint density at radius 1 is 0.812 bits per heavy atom. The van der Waals surface area contributed by atoms with Crippen molar-refractivity contribution in [3.8, 4) is 0 Å². The smallest absolute Gasteiger partial charge is 0.307 e. The van der Waals surface area contributed by atoms with Crippen LogP contribution in [0.25, 0.3) is 0 Å². The minimum absolute atomic E-state index is 0.0955. The lowest BCUT2D eigenvalue weighted by molar-refractivity contribution is -0.136. The number of nitrogens with zero attached hydrogens (tertiary/aromatic N) is 1. The van der Waals surface area contributed by atoms with Gasteiger partial charge in [-0.2, -0.15) is 4.31 Å². The highest BCUT2D eigenvalue weighted by atomic mass is 32.2. The predicted molar refractivity (Wildman–Crippen MR) is 126 cm³/mol. The predicted octanol–water partition coefficient (Wildman–Crippen LogP) is 5.05. The normalized spacial score (nSPS) is 11.6. The molecule has 0 unspecified atom stereocenters. The van der Waals surface area contributed by atoms with E-state index in [4.69, 9.17) is 0 Å². The molecule has 32 heavy (non-hydrogen) atoms. The Morgan fingerprint density at radius 2 is 1.41 bits per heavy atom. The molecule has 0 atom stereocenters. The van der Waals surface area contributed by atoms with E-state index in [-0.39, 0.29) is 24.4 Å². The van der Waals surface area contributed by atoms with Gasteiger partial charge in [0.2, 0.25) is 10.0 Å². The molecule has 0 saturated carbocycles. The van der Waals surface area contributed by atoms with Gasteiger partial charge in [-0.1, -0.05) is 80.1 Å². The summed E-state index contributed by atoms with van der Waals surface area (Å²) >= 11 is 0. The molecule has 6 heteroatoms. The number of carboxylic acid groups (broad SMARTS) is 1. The van der Waals surface area contributed by atoms with Gasteiger partial charge in [0.25, 0.3) is 0 Å². The van der Waals surface area contributed by atoms with Crippen LogP contribution >= 0.6 is 0 Å². The maximum Gasteiger partial charge on any atom is 0.307 e. The zero-order valence-corrected chi connectivity index (χ0v) is 19.1. The molecule has 0 heterocycles. The van der Waals surface area contributed by atoms with E-state index in [9.17, 15) is 18.3 Å². The van der Waals surface area contributed by atoms with Crippen LogP contribution in [0.1, 0.15) is 42.0 Å². The molecular formula is C26H29NO4S. The second-order valence-corrected chi connectivity index (χ2v) is 9.78. The maximum absolute atomic E-state index is 13.5. The number of carboxylic acids is 1. The zero-order chi connectivity index (χ0) is 23.0. The van der Waals surface area contributed by atoms with Gasteiger partial charge in [-0.15, -0.1) is 0 Å². The fourth-order valence-electron chi connectivity index (χ4n) is 3.60. The highest BCUT2D eigenvalue weighted by Gasteiger charge is 2.25. The number of sulfonamides is 1. The molecule has 0 aliphatic heterocycles. The second-order valence-electron chi connectivity index (χ2n) is 7.85. The molecule has 0 spiro atoms. The Labute approximate surface area is 190 Å². The summed E-state index contributed by atoms with van der Waals surface area (Å²) in [4.78, 5) is 11.5. The van der Waals surface area contributed by atoms with E-state index >= 15 is 0 Å². The van der Waals surface area contributed by atoms with Crippen LogP contribution in [0.15, 0.2) is 83.8 Å². The fraction of sp³-hybridized carbons (Fsp3) is 0.269. The van der Waals surface area contributed by atoms with Gasteiger partial charge in [0.05, 0.1) is 11.3 Å². The molecule has 0 aliphatic carbocycles. The average Bonchev–Trinajstić information content (AvgIpc) is 2.79. The first-order chi connectivity index (χ1) is 15.4. The molecule has 0 fully saturated rings. The first-order valence-electron chi connectivity index (χ1n) is 10.8. The maximum atomic E-state index is 13.5. The van der Waals surface area contributed by atoms with Crippen LogP contribution in [0.4, 0.5) is 0 Å². The lowest BCUT2D eigenvalue weighted by atomic mass is 10.0. The molecule has 3 aromatic rings. The van der Waals surface area contributed by atoms with E-state index in [2.05, 4.69) is 19.1 Å². The number of hydrogen-bond acceptors (Lipinski definition) is 3. The molecule has 0 radical (unpaired) electrons. The van der Waals surface area contributed by atoms with E-state index in [1.165, 1.54) is 9.87 Å². The van der Waals surface area contributed by atoms with Crippen molar-refractivity contribution in [1.82, 2.24) is 4.31 Å². The first-order valence-corrected chi connectivity index (χ1v) is 12.3. The summed E-state index contributed by atoms with van der Waals surface area (Å²) in [5, 5.41) is 9.25. The van der Waals surface area contributed by atoms with Crippen molar-refractivity contribution >= 4 is 16.0 Å². The quantitative estimate of drug-likeness (QED) is 0.443.